The Balaban J connectivity index is 0.661. The second-order valence-corrected chi connectivity index (χ2v) is 20.5. The topological polar surface area (TPSA) is 157 Å². The maximum atomic E-state index is 15.8. The van der Waals surface area contributed by atoms with Gasteiger partial charge >= 0.3 is 0 Å². The van der Waals surface area contributed by atoms with Crippen LogP contribution < -0.4 is 20.9 Å². The molecular formula is C57H64FN13O2. The Bertz CT molecular complexity index is 3190. The van der Waals surface area contributed by atoms with Gasteiger partial charge in [-0.3, -0.25) is 14.7 Å². The van der Waals surface area contributed by atoms with Crippen LogP contribution in [0.25, 0.3) is 38.9 Å². The number of anilines is 2. The second-order valence-electron chi connectivity index (χ2n) is 20.5. The number of hydrogen-bond donors (Lipinski definition) is 2. The van der Waals surface area contributed by atoms with Crippen LogP contribution in [0.2, 0.25) is 0 Å². The minimum atomic E-state index is -0.449. The number of fused-ring (bicyclic) bond motifs is 2. The van der Waals surface area contributed by atoms with Crippen molar-refractivity contribution in [2.45, 2.75) is 82.0 Å². The zero-order chi connectivity index (χ0) is 49.4. The number of rotatable bonds is 12. The zero-order valence-corrected chi connectivity index (χ0v) is 41.6. The van der Waals surface area contributed by atoms with Crippen molar-refractivity contribution in [2.24, 2.45) is 0 Å². The first kappa shape index (κ1) is 47.1. The lowest BCUT2D eigenvalue weighted by Crippen LogP contribution is -2.50. The van der Waals surface area contributed by atoms with Gasteiger partial charge in [-0.1, -0.05) is 48.5 Å². The van der Waals surface area contributed by atoms with Gasteiger partial charge in [0.15, 0.2) is 5.82 Å². The smallest absolute Gasteiger partial charge is 0.153 e. The van der Waals surface area contributed by atoms with E-state index >= 15 is 4.39 Å². The number of likely N-dealkylation sites (N-methyl/N-ethyl adjacent to an activating group) is 1. The highest BCUT2D eigenvalue weighted by Gasteiger charge is 2.34. The lowest BCUT2D eigenvalue weighted by atomic mass is 9.84. The molecule has 8 aromatic rings. The van der Waals surface area contributed by atoms with Gasteiger partial charge in [-0.05, 0) is 106 Å². The van der Waals surface area contributed by atoms with Crippen LogP contribution in [-0.4, -0.2) is 125 Å². The van der Waals surface area contributed by atoms with E-state index in [-0.39, 0.29) is 11.7 Å². The fourth-order valence-electron chi connectivity index (χ4n) is 12.1. The molecule has 376 valence electrons. The van der Waals surface area contributed by atoms with Crippen LogP contribution in [0.1, 0.15) is 74.7 Å². The molecule has 73 heavy (non-hydrogen) atoms. The number of nitrogens with zero attached hydrogens (tertiary/aromatic N) is 11. The summed E-state index contributed by atoms with van der Waals surface area (Å²) < 4.78 is 32.5. The second kappa shape index (κ2) is 20.5. The number of halogens is 1. The van der Waals surface area contributed by atoms with Crippen molar-refractivity contribution >= 4 is 28.2 Å². The molecule has 4 N–H and O–H groups in total. The van der Waals surface area contributed by atoms with Crippen molar-refractivity contribution in [2.75, 3.05) is 70.9 Å². The van der Waals surface area contributed by atoms with Crippen LogP contribution >= 0.6 is 0 Å². The SMILES string of the molecule is CN1CCN([C@H]2CC[C@H](n3cc(-c4ccc(Oc5ccccc5CN5CCN([C@H]6CC[C@H](c7nc(-c8ccc(Oc9ccccc9)cc8F)c8c(N)ncnn87)CC6)CC5)cc4)c4c(N)ncnc43)CC2)CC1. The van der Waals surface area contributed by atoms with Crippen LogP contribution in [-0.2, 0) is 6.54 Å². The van der Waals surface area contributed by atoms with Gasteiger partial charge < -0.3 is 30.4 Å². The Morgan fingerprint density at radius 2 is 1.26 bits per heavy atom. The van der Waals surface area contributed by atoms with Gasteiger partial charge in [-0.15, -0.1) is 0 Å². The van der Waals surface area contributed by atoms with E-state index in [1.54, 1.807) is 23.0 Å². The highest BCUT2D eigenvalue weighted by molar-refractivity contribution is 6.00. The van der Waals surface area contributed by atoms with Crippen molar-refractivity contribution in [3.8, 4) is 45.4 Å². The predicted molar refractivity (Wildman–Crippen MR) is 283 cm³/mol. The van der Waals surface area contributed by atoms with Gasteiger partial charge in [0.05, 0.1) is 5.39 Å². The molecule has 0 amide bonds. The fourth-order valence-corrected chi connectivity index (χ4v) is 12.1. The van der Waals surface area contributed by atoms with Crippen molar-refractivity contribution < 1.29 is 13.9 Å². The molecule has 15 nitrogen and oxygen atoms in total. The summed E-state index contributed by atoms with van der Waals surface area (Å²) in [6.07, 6.45) is 14.0. The molecule has 4 aromatic heterocycles. The Labute approximate surface area is 425 Å². The number of hydrogen-bond acceptors (Lipinski definition) is 13. The lowest BCUT2D eigenvalue weighted by Gasteiger charge is -2.42. The predicted octanol–water partition coefficient (Wildman–Crippen LogP) is 9.67. The summed E-state index contributed by atoms with van der Waals surface area (Å²) in [6, 6.07) is 32.5. The lowest BCUT2D eigenvalue weighted by molar-refractivity contribution is 0.0719. The van der Waals surface area contributed by atoms with E-state index in [1.807, 2.05) is 36.4 Å². The third-order valence-corrected chi connectivity index (χ3v) is 16.2. The molecule has 16 heteroatoms. The quantitative estimate of drug-likeness (QED) is 0.119. The summed E-state index contributed by atoms with van der Waals surface area (Å²) in [5, 5.41) is 5.50. The van der Waals surface area contributed by atoms with Crippen molar-refractivity contribution in [1.29, 1.82) is 0 Å². The summed E-state index contributed by atoms with van der Waals surface area (Å²) in [6.45, 7) is 9.43. The van der Waals surface area contributed by atoms with E-state index in [1.165, 1.54) is 43.9 Å². The molecule has 4 aliphatic rings. The molecule has 2 saturated carbocycles. The van der Waals surface area contributed by atoms with Gasteiger partial charge in [0.1, 0.15) is 70.0 Å². The first-order valence-electron chi connectivity index (χ1n) is 26.2. The first-order valence-corrected chi connectivity index (χ1v) is 26.2. The van der Waals surface area contributed by atoms with Crippen LogP contribution in [0.4, 0.5) is 16.0 Å². The molecule has 0 bridgehead atoms. The van der Waals surface area contributed by atoms with Gasteiger partial charge in [0.25, 0.3) is 0 Å². The molecule has 6 heterocycles. The van der Waals surface area contributed by atoms with E-state index in [4.69, 9.17) is 30.9 Å². The van der Waals surface area contributed by atoms with E-state index < -0.39 is 5.82 Å². The third kappa shape index (κ3) is 9.72. The van der Waals surface area contributed by atoms with Crippen LogP contribution in [0.15, 0.2) is 116 Å². The van der Waals surface area contributed by atoms with Gasteiger partial charge in [-0.2, -0.15) is 5.10 Å². The molecule has 2 saturated heterocycles. The molecule has 2 aliphatic heterocycles. The number of para-hydroxylation sites is 2. The summed E-state index contributed by atoms with van der Waals surface area (Å²) in [5.41, 5.74) is 18.5. The van der Waals surface area contributed by atoms with Crippen molar-refractivity contribution in [1.82, 2.24) is 53.7 Å². The maximum Gasteiger partial charge on any atom is 0.153 e. The number of nitrogen functional groups attached to an aromatic ring is 2. The summed E-state index contributed by atoms with van der Waals surface area (Å²) in [5.74, 6) is 3.99. The Kier molecular flexibility index (Phi) is 13.2. The van der Waals surface area contributed by atoms with Crippen LogP contribution in [0.3, 0.4) is 0 Å². The maximum absolute atomic E-state index is 15.8. The molecule has 12 rings (SSSR count). The Morgan fingerprint density at radius 1 is 0.616 bits per heavy atom. The zero-order valence-electron chi connectivity index (χ0n) is 41.6. The molecule has 4 aromatic carbocycles. The summed E-state index contributed by atoms with van der Waals surface area (Å²) in [4.78, 5) is 28.9. The molecule has 0 spiro atoms. The molecule has 0 unspecified atom stereocenters. The van der Waals surface area contributed by atoms with Gasteiger partial charge in [0.2, 0.25) is 0 Å². The van der Waals surface area contributed by atoms with E-state index in [0.717, 1.165) is 124 Å². The average Bonchev–Trinajstić information content (AvgIpc) is 4.02. The van der Waals surface area contributed by atoms with Crippen LogP contribution in [0, 0.1) is 5.82 Å². The number of imidazole rings is 1. The monoisotopic (exact) mass is 982 g/mol. The molecule has 0 atom stereocenters. The number of ether oxygens (including phenoxy) is 2. The highest BCUT2D eigenvalue weighted by atomic mass is 19.1. The third-order valence-electron chi connectivity index (χ3n) is 16.2. The normalized spacial score (nSPS) is 21.7. The molecular weight excluding hydrogens is 918 g/mol. The largest absolute Gasteiger partial charge is 0.457 e. The number of piperazine rings is 2. The minimum absolute atomic E-state index is 0.159. The molecule has 2 aliphatic carbocycles. The van der Waals surface area contributed by atoms with Crippen molar-refractivity contribution in [3.63, 3.8) is 0 Å². The van der Waals surface area contributed by atoms with E-state index in [0.29, 0.717) is 52.2 Å². The molecule has 0 radical (unpaired) electrons. The Morgan fingerprint density at radius 3 is 2.00 bits per heavy atom. The Hall–Kier alpha value is -6.98. The molecule has 4 fully saturated rings. The number of aromatic nitrogens is 7. The number of benzene rings is 4. The highest BCUT2D eigenvalue weighted by Crippen LogP contribution is 2.42. The first-order chi connectivity index (χ1) is 35.8. The van der Waals surface area contributed by atoms with Gasteiger partial charge in [0, 0.05) is 112 Å². The minimum Gasteiger partial charge on any atom is -0.457 e. The van der Waals surface area contributed by atoms with Crippen molar-refractivity contribution in [3.05, 3.63) is 133 Å². The standard InChI is InChI=1S/C57H64FN13O2/c1-66-25-29-68(30-26-66)42-17-19-43(20-18-42)70-35-48(51-54(59)61-36-63-57(51)70)38-13-21-45(22-14-38)73-50-10-6-5-7-40(50)34-67-27-31-69(32-28-67)41-15-11-39(12-16-41)56-65-52(53-55(60)62-37-64-71(53)56)47-24-23-46(33-49(47)58)72-44-8-3-2-4-9-44/h2-10,13-14,21-24,33,35-37,39,41-43H,11-12,15-20,25-32,34H2,1H3,(H2,59,61,63)(H2,60,62,64)/t39-,41-,42-,43-. The van der Waals surface area contributed by atoms with Gasteiger partial charge in [-0.25, -0.2) is 28.8 Å². The van der Waals surface area contributed by atoms with E-state index in [2.05, 4.69) is 94.9 Å². The fraction of sp³-hybridized carbons (Fsp3) is 0.386. The number of nitrogens with two attached hydrogens (primary N) is 2. The summed E-state index contributed by atoms with van der Waals surface area (Å²) in [7, 11) is 2.22. The van der Waals surface area contributed by atoms with Crippen LogP contribution in [0.5, 0.6) is 23.0 Å². The van der Waals surface area contributed by atoms with E-state index in [9.17, 15) is 0 Å². The average molecular weight is 982 g/mol. The summed E-state index contributed by atoms with van der Waals surface area (Å²) >= 11 is 0.